The van der Waals surface area contributed by atoms with E-state index in [1.165, 1.54) is 6.42 Å². The topological polar surface area (TPSA) is 76.4 Å². The standard InChI is InChI=1S/C18H34N6O.HI/c1-6-15-23-22-13-24(15)10-9-20-17(19-5)21-12-14-8-7-11-25-16(14)18(2,3)4;/h13-14,16H,6-12H2,1-5H3,(H2,19,20,21);1H. The Bertz CT molecular complexity index is 554. The van der Waals surface area contributed by atoms with Gasteiger partial charge in [-0.25, -0.2) is 0 Å². The third-order valence-electron chi connectivity index (χ3n) is 4.71. The minimum atomic E-state index is 0. The second-order valence-corrected chi connectivity index (χ2v) is 7.73. The summed E-state index contributed by atoms with van der Waals surface area (Å²) in [7, 11) is 1.81. The molecule has 2 heterocycles. The van der Waals surface area contributed by atoms with Crippen LogP contribution in [0, 0.1) is 11.3 Å². The number of halogens is 1. The molecule has 1 aromatic rings. The van der Waals surface area contributed by atoms with Gasteiger partial charge >= 0.3 is 0 Å². The van der Waals surface area contributed by atoms with Crippen LogP contribution >= 0.6 is 24.0 Å². The molecule has 0 bridgehead atoms. The first kappa shape index (κ1) is 23.1. The maximum atomic E-state index is 6.06. The van der Waals surface area contributed by atoms with Gasteiger partial charge in [0.05, 0.1) is 6.10 Å². The number of rotatable bonds is 6. The van der Waals surface area contributed by atoms with E-state index in [0.29, 0.717) is 5.92 Å². The highest BCUT2D eigenvalue weighted by Gasteiger charge is 2.35. The van der Waals surface area contributed by atoms with Crippen molar-refractivity contribution >= 4 is 29.9 Å². The highest BCUT2D eigenvalue weighted by atomic mass is 127. The van der Waals surface area contributed by atoms with Gasteiger partial charge in [0.15, 0.2) is 5.96 Å². The van der Waals surface area contributed by atoms with Crippen molar-refractivity contribution in [2.24, 2.45) is 16.3 Å². The molecular weight excluding hydrogens is 443 g/mol. The Morgan fingerprint density at radius 2 is 2.15 bits per heavy atom. The van der Waals surface area contributed by atoms with E-state index in [-0.39, 0.29) is 35.5 Å². The first-order valence-corrected chi connectivity index (χ1v) is 9.38. The van der Waals surface area contributed by atoms with Gasteiger partial charge in [0.1, 0.15) is 12.2 Å². The molecule has 0 radical (unpaired) electrons. The van der Waals surface area contributed by atoms with E-state index < -0.39 is 0 Å². The number of aryl methyl sites for hydroxylation is 1. The summed E-state index contributed by atoms with van der Waals surface area (Å²) in [4.78, 5) is 4.33. The van der Waals surface area contributed by atoms with Gasteiger partial charge in [-0.3, -0.25) is 4.99 Å². The van der Waals surface area contributed by atoms with Gasteiger partial charge in [-0.2, -0.15) is 0 Å². The first-order valence-electron chi connectivity index (χ1n) is 9.38. The molecular formula is C18H35IN6O. The number of aliphatic imine (C=N–C) groups is 1. The van der Waals surface area contributed by atoms with Crippen molar-refractivity contribution in [2.75, 3.05) is 26.7 Å². The molecule has 7 nitrogen and oxygen atoms in total. The van der Waals surface area contributed by atoms with E-state index in [4.69, 9.17) is 4.74 Å². The smallest absolute Gasteiger partial charge is 0.191 e. The Morgan fingerprint density at radius 1 is 1.38 bits per heavy atom. The summed E-state index contributed by atoms with van der Waals surface area (Å²) in [6.07, 6.45) is 5.30. The Balaban J connectivity index is 0.00000338. The van der Waals surface area contributed by atoms with Crippen LogP contribution in [0.15, 0.2) is 11.3 Å². The summed E-state index contributed by atoms with van der Waals surface area (Å²) in [6, 6.07) is 0. The molecule has 26 heavy (non-hydrogen) atoms. The average Bonchev–Trinajstić information content (AvgIpc) is 3.04. The summed E-state index contributed by atoms with van der Waals surface area (Å²) < 4.78 is 8.13. The zero-order valence-electron chi connectivity index (χ0n) is 16.8. The van der Waals surface area contributed by atoms with Gasteiger partial charge in [-0.05, 0) is 18.3 Å². The lowest BCUT2D eigenvalue weighted by Crippen LogP contribution is -2.47. The molecule has 0 saturated carbocycles. The lowest BCUT2D eigenvalue weighted by atomic mass is 9.78. The Morgan fingerprint density at radius 3 is 2.81 bits per heavy atom. The molecule has 0 amide bonds. The number of aromatic nitrogens is 3. The number of guanidine groups is 1. The summed E-state index contributed by atoms with van der Waals surface area (Å²) in [6.45, 7) is 12.2. The molecule has 1 fully saturated rings. The highest BCUT2D eigenvalue weighted by molar-refractivity contribution is 14.0. The third-order valence-corrected chi connectivity index (χ3v) is 4.71. The van der Waals surface area contributed by atoms with Crippen molar-refractivity contribution in [1.82, 2.24) is 25.4 Å². The van der Waals surface area contributed by atoms with E-state index >= 15 is 0 Å². The van der Waals surface area contributed by atoms with E-state index in [1.807, 2.05) is 7.05 Å². The van der Waals surface area contributed by atoms with Crippen LogP contribution in [0.25, 0.3) is 0 Å². The van der Waals surface area contributed by atoms with Gasteiger partial charge in [-0.1, -0.05) is 27.7 Å². The molecule has 0 aromatic carbocycles. The third kappa shape index (κ3) is 6.68. The summed E-state index contributed by atoms with van der Waals surface area (Å²) in [5.74, 6) is 2.36. The summed E-state index contributed by atoms with van der Waals surface area (Å²) in [5.41, 5.74) is 0.161. The van der Waals surface area contributed by atoms with Crippen LogP contribution in [0.4, 0.5) is 0 Å². The van der Waals surface area contributed by atoms with E-state index in [2.05, 4.69) is 58.1 Å². The van der Waals surface area contributed by atoms with Crippen molar-refractivity contribution in [3.8, 4) is 0 Å². The van der Waals surface area contributed by atoms with Crippen LogP contribution in [0.2, 0.25) is 0 Å². The molecule has 0 spiro atoms. The van der Waals surface area contributed by atoms with Crippen molar-refractivity contribution in [2.45, 2.75) is 59.6 Å². The van der Waals surface area contributed by atoms with E-state index in [0.717, 1.165) is 50.9 Å². The van der Waals surface area contributed by atoms with E-state index in [1.54, 1.807) is 6.33 Å². The predicted octanol–water partition coefficient (Wildman–Crippen LogP) is 2.46. The minimum Gasteiger partial charge on any atom is -0.377 e. The maximum Gasteiger partial charge on any atom is 0.191 e. The molecule has 1 aliphatic heterocycles. The normalized spacial score (nSPS) is 21.2. The van der Waals surface area contributed by atoms with Gasteiger partial charge in [0, 0.05) is 45.6 Å². The number of hydrogen-bond acceptors (Lipinski definition) is 4. The number of hydrogen-bond donors (Lipinski definition) is 2. The van der Waals surface area contributed by atoms with E-state index in [9.17, 15) is 0 Å². The predicted molar refractivity (Wildman–Crippen MR) is 116 cm³/mol. The van der Waals surface area contributed by atoms with Gasteiger partial charge in [-0.15, -0.1) is 34.2 Å². The van der Waals surface area contributed by atoms with Crippen LogP contribution < -0.4 is 10.6 Å². The highest BCUT2D eigenvalue weighted by Crippen LogP contribution is 2.33. The molecule has 2 atom stereocenters. The molecule has 8 heteroatoms. The Kier molecular flexibility index (Phi) is 9.84. The largest absolute Gasteiger partial charge is 0.377 e. The fourth-order valence-corrected chi connectivity index (χ4v) is 3.49. The second-order valence-electron chi connectivity index (χ2n) is 7.73. The number of nitrogens with zero attached hydrogens (tertiary/aromatic N) is 4. The summed E-state index contributed by atoms with van der Waals surface area (Å²) >= 11 is 0. The van der Waals surface area contributed by atoms with Crippen LogP contribution in [0.1, 0.15) is 46.4 Å². The number of nitrogens with one attached hydrogen (secondary N) is 2. The SMILES string of the molecule is CCc1nncn1CCNC(=NC)NCC1CCCOC1C(C)(C)C.I. The average molecular weight is 478 g/mol. The van der Waals surface area contributed by atoms with Gasteiger partial charge < -0.3 is 19.9 Å². The number of ether oxygens (including phenoxy) is 1. The maximum absolute atomic E-state index is 6.06. The lowest BCUT2D eigenvalue weighted by Gasteiger charge is -2.40. The summed E-state index contributed by atoms with van der Waals surface area (Å²) in [5, 5.41) is 14.9. The Hall–Kier alpha value is -0.900. The molecule has 0 aliphatic carbocycles. The van der Waals surface area contributed by atoms with Gasteiger partial charge in [0.25, 0.3) is 0 Å². The van der Waals surface area contributed by atoms with Gasteiger partial charge in [0.2, 0.25) is 0 Å². The fourth-order valence-electron chi connectivity index (χ4n) is 3.49. The fraction of sp³-hybridized carbons (Fsp3) is 0.833. The zero-order chi connectivity index (χ0) is 18.3. The Labute approximate surface area is 174 Å². The van der Waals surface area contributed by atoms with Crippen LogP contribution in [0.3, 0.4) is 0 Å². The molecule has 2 unspecified atom stereocenters. The molecule has 1 aliphatic rings. The molecule has 2 rings (SSSR count). The zero-order valence-corrected chi connectivity index (χ0v) is 19.1. The second kappa shape index (κ2) is 11.1. The van der Waals surface area contributed by atoms with Crippen molar-refractivity contribution in [3.63, 3.8) is 0 Å². The quantitative estimate of drug-likeness (QED) is 0.373. The molecule has 1 saturated heterocycles. The van der Waals surface area contributed by atoms with Crippen molar-refractivity contribution in [1.29, 1.82) is 0 Å². The lowest BCUT2D eigenvalue weighted by molar-refractivity contribution is -0.0835. The van der Waals surface area contributed by atoms with Crippen LogP contribution in [-0.4, -0.2) is 53.6 Å². The molecule has 150 valence electrons. The first-order chi connectivity index (χ1) is 12.0. The molecule has 1 aromatic heterocycles. The van der Waals surface area contributed by atoms with Crippen molar-refractivity contribution in [3.05, 3.63) is 12.2 Å². The molecule has 2 N–H and O–H groups in total. The van der Waals surface area contributed by atoms with Crippen LogP contribution in [-0.2, 0) is 17.7 Å². The van der Waals surface area contributed by atoms with Crippen molar-refractivity contribution < 1.29 is 4.74 Å². The monoisotopic (exact) mass is 478 g/mol. The van der Waals surface area contributed by atoms with Crippen LogP contribution in [0.5, 0.6) is 0 Å². The minimum absolute atomic E-state index is 0.